The molecule has 0 spiro atoms. The number of nitro groups is 1. The Bertz CT molecular complexity index is 423. The minimum atomic E-state index is -0.422. The van der Waals surface area contributed by atoms with E-state index in [0.29, 0.717) is 25.4 Å². The normalized spacial score (nSPS) is 12.2. The van der Waals surface area contributed by atoms with Crippen LogP contribution in [0.3, 0.4) is 0 Å². The number of nitrogens with zero attached hydrogens (tertiary/aromatic N) is 1. The summed E-state index contributed by atoms with van der Waals surface area (Å²) < 4.78 is 10.4. The van der Waals surface area contributed by atoms with Crippen LogP contribution in [0.15, 0.2) is 18.2 Å². The van der Waals surface area contributed by atoms with Crippen LogP contribution in [-0.4, -0.2) is 31.3 Å². The lowest BCUT2D eigenvalue weighted by Gasteiger charge is -2.12. The highest BCUT2D eigenvalue weighted by molar-refractivity contribution is 5.42. The minimum Gasteiger partial charge on any atom is -0.496 e. The Kier molecular flexibility index (Phi) is 6.24. The first-order chi connectivity index (χ1) is 9.06. The maximum Gasteiger partial charge on any atom is 0.273 e. The van der Waals surface area contributed by atoms with E-state index in [2.05, 4.69) is 5.32 Å². The first-order valence-corrected chi connectivity index (χ1v) is 6.21. The number of ether oxygens (including phenoxy) is 2. The molecule has 0 amide bonds. The van der Waals surface area contributed by atoms with Gasteiger partial charge in [0.2, 0.25) is 0 Å². The fourth-order valence-corrected chi connectivity index (χ4v) is 1.73. The third-order valence-electron chi connectivity index (χ3n) is 2.61. The predicted molar refractivity (Wildman–Crippen MR) is 72.4 cm³/mol. The lowest BCUT2D eigenvalue weighted by molar-refractivity contribution is -0.385. The second-order valence-corrected chi connectivity index (χ2v) is 4.19. The Labute approximate surface area is 112 Å². The largest absolute Gasteiger partial charge is 0.496 e. The van der Waals surface area contributed by atoms with E-state index in [4.69, 9.17) is 9.47 Å². The van der Waals surface area contributed by atoms with Gasteiger partial charge in [0.25, 0.3) is 5.69 Å². The number of hydrogen-bond acceptors (Lipinski definition) is 5. The van der Waals surface area contributed by atoms with E-state index < -0.39 is 4.92 Å². The summed E-state index contributed by atoms with van der Waals surface area (Å²) in [6.07, 6.45) is 0.116. The second kappa shape index (κ2) is 7.70. The molecule has 1 aromatic carbocycles. The molecule has 0 aromatic heterocycles. The molecule has 1 unspecified atom stereocenters. The average Bonchev–Trinajstić information content (AvgIpc) is 2.38. The molecule has 6 heteroatoms. The third kappa shape index (κ3) is 5.23. The number of methoxy groups -OCH3 is 1. The van der Waals surface area contributed by atoms with Crippen LogP contribution in [0.2, 0.25) is 0 Å². The van der Waals surface area contributed by atoms with E-state index in [-0.39, 0.29) is 11.8 Å². The Morgan fingerprint density at radius 1 is 1.42 bits per heavy atom. The van der Waals surface area contributed by atoms with Gasteiger partial charge in [0.1, 0.15) is 5.75 Å². The zero-order valence-electron chi connectivity index (χ0n) is 11.5. The quantitative estimate of drug-likeness (QED) is 0.577. The Morgan fingerprint density at radius 3 is 2.74 bits per heavy atom. The van der Waals surface area contributed by atoms with Crippen LogP contribution in [-0.2, 0) is 11.3 Å². The van der Waals surface area contributed by atoms with Gasteiger partial charge in [-0.2, -0.15) is 0 Å². The van der Waals surface area contributed by atoms with Crippen molar-refractivity contribution in [3.8, 4) is 5.75 Å². The van der Waals surface area contributed by atoms with Crippen LogP contribution in [0.4, 0.5) is 5.69 Å². The molecule has 6 nitrogen and oxygen atoms in total. The van der Waals surface area contributed by atoms with Crippen molar-refractivity contribution < 1.29 is 14.4 Å². The molecule has 0 aliphatic rings. The molecule has 19 heavy (non-hydrogen) atoms. The van der Waals surface area contributed by atoms with E-state index in [9.17, 15) is 10.1 Å². The molecule has 0 heterocycles. The molecule has 0 aliphatic carbocycles. The topological polar surface area (TPSA) is 73.6 Å². The molecule has 0 saturated carbocycles. The SMILES string of the molecule is CCOC(C)CNCc1cc(OC)cc([N+](=O)[O-])c1. The molecule has 1 atom stereocenters. The highest BCUT2D eigenvalue weighted by atomic mass is 16.6. The summed E-state index contributed by atoms with van der Waals surface area (Å²) in [5, 5.41) is 14.0. The van der Waals surface area contributed by atoms with Crippen molar-refractivity contribution in [1.82, 2.24) is 5.32 Å². The Morgan fingerprint density at radius 2 is 2.16 bits per heavy atom. The third-order valence-corrected chi connectivity index (χ3v) is 2.61. The lowest BCUT2D eigenvalue weighted by Crippen LogP contribution is -2.26. The maximum atomic E-state index is 10.8. The van der Waals surface area contributed by atoms with Crippen molar-refractivity contribution in [2.24, 2.45) is 0 Å². The number of rotatable bonds is 8. The first kappa shape index (κ1) is 15.4. The molecule has 1 N–H and O–H groups in total. The van der Waals surface area contributed by atoms with Gasteiger partial charge in [-0.1, -0.05) is 0 Å². The van der Waals surface area contributed by atoms with Crippen LogP contribution in [0.25, 0.3) is 0 Å². The number of nitrogens with one attached hydrogen (secondary N) is 1. The van der Waals surface area contributed by atoms with Crippen molar-refractivity contribution in [3.05, 3.63) is 33.9 Å². The Hall–Kier alpha value is -1.66. The van der Waals surface area contributed by atoms with Gasteiger partial charge in [0, 0.05) is 25.8 Å². The van der Waals surface area contributed by atoms with E-state index in [1.165, 1.54) is 13.2 Å². The summed E-state index contributed by atoms with van der Waals surface area (Å²) in [5.41, 5.74) is 0.851. The number of benzene rings is 1. The zero-order chi connectivity index (χ0) is 14.3. The van der Waals surface area contributed by atoms with Crippen LogP contribution in [0.5, 0.6) is 5.75 Å². The van der Waals surface area contributed by atoms with Gasteiger partial charge in [-0.15, -0.1) is 0 Å². The van der Waals surface area contributed by atoms with Crippen LogP contribution < -0.4 is 10.1 Å². The molecular formula is C13H20N2O4. The predicted octanol–water partition coefficient (Wildman–Crippen LogP) is 2.12. The van der Waals surface area contributed by atoms with Crippen LogP contribution in [0.1, 0.15) is 19.4 Å². The summed E-state index contributed by atoms with van der Waals surface area (Å²) in [7, 11) is 1.49. The second-order valence-electron chi connectivity index (χ2n) is 4.19. The molecule has 0 aliphatic heterocycles. The van der Waals surface area contributed by atoms with Gasteiger partial charge in [-0.3, -0.25) is 10.1 Å². The van der Waals surface area contributed by atoms with E-state index >= 15 is 0 Å². The fourth-order valence-electron chi connectivity index (χ4n) is 1.73. The summed E-state index contributed by atoms with van der Waals surface area (Å²) in [4.78, 5) is 10.4. The van der Waals surface area contributed by atoms with E-state index in [1.54, 1.807) is 12.1 Å². The monoisotopic (exact) mass is 268 g/mol. The molecule has 0 radical (unpaired) electrons. The highest BCUT2D eigenvalue weighted by Gasteiger charge is 2.10. The van der Waals surface area contributed by atoms with Gasteiger partial charge >= 0.3 is 0 Å². The van der Waals surface area contributed by atoms with Crippen LogP contribution >= 0.6 is 0 Å². The number of non-ortho nitro benzene ring substituents is 1. The Balaban J connectivity index is 2.62. The summed E-state index contributed by atoms with van der Waals surface area (Å²) in [5.74, 6) is 0.490. The molecule has 0 bridgehead atoms. The fraction of sp³-hybridized carbons (Fsp3) is 0.538. The summed E-state index contributed by atoms with van der Waals surface area (Å²) in [6.45, 7) is 5.83. The smallest absolute Gasteiger partial charge is 0.273 e. The van der Waals surface area contributed by atoms with Gasteiger partial charge < -0.3 is 14.8 Å². The van der Waals surface area contributed by atoms with Crippen molar-refractivity contribution in [2.45, 2.75) is 26.5 Å². The van der Waals surface area contributed by atoms with E-state index in [1.807, 2.05) is 13.8 Å². The van der Waals surface area contributed by atoms with Gasteiger partial charge in [0.05, 0.1) is 24.2 Å². The first-order valence-electron chi connectivity index (χ1n) is 6.21. The van der Waals surface area contributed by atoms with Crippen molar-refractivity contribution in [3.63, 3.8) is 0 Å². The highest BCUT2D eigenvalue weighted by Crippen LogP contribution is 2.22. The molecule has 1 aromatic rings. The van der Waals surface area contributed by atoms with Gasteiger partial charge in [-0.25, -0.2) is 0 Å². The number of hydrogen-bond donors (Lipinski definition) is 1. The van der Waals surface area contributed by atoms with Crippen molar-refractivity contribution in [2.75, 3.05) is 20.3 Å². The molecular weight excluding hydrogens is 248 g/mol. The lowest BCUT2D eigenvalue weighted by atomic mass is 10.2. The molecule has 1 rings (SSSR count). The summed E-state index contributed by atoms with van der Waals surface area (Å²) in [6, 6.07) is 4.73. The number of nitro benzene ring substituents is 1. The summed E-state index contributed by atoms with van der Waals surface area (Å²) >= 11 is 0. The molecule has 0 saturated heterocycles. The maximum absolute atomic E-state index is 10.8. The van der Waals surface area contributed by atoms with E-state index in [0.717, 1.165) is 5.56 Å². The zero-order valence-corrected chi connectivity index (χ0v) is 11.5. The van der Waals surface area contributed by atoms with Crippen LogP contribution in [0, 0.1) is 10.1 Å². The van der Waals surface area contributed by atoms with Gasteiger partial charge in [0.15, 0.2) is 0 Å². The van der Waals surface area contributed by atoms with Crippen molar-refractivity contribution in [1.29, 1.82) is 0 Å². The minimum absolute atomic E-state index is 0.0361. The molecule has 0 fully saturated rings. The van der Waals surface area contributed by atoms with Gasteiger partial charge in [-0.05, 0) is 25.5 Å². The standard InChI is InChI=1S/C13H20N2O4/c1-4-19-10(2)8-14-9-11-5-12(15(16)17)7-13(6-11)18-3/h5-7,10,14H,4,8-9H2,1-3H3. The average molecular weight is 268 g/mol. The molecule has 106 valence electrons. The van der Waals surface area contributed by atoms with Crippen molar-refractivity contribution >= 4 is 5.69 Å².